The van der Waals surface area contributed by atoms with E-state index in [0.717, 1.165) is 32.9 Å². The molecule has 78 valence electrons. The summed E-state index contributed by atoms with van der Waals surface area (Å²) < 4.78 is 1.03. The molecule has 2 rings (SSSR count). The van der Waals surface area contributed by atoms with Gasteiger partial charge in [0.05, 0.1) is 4.47 Å². The fraction of sp³-hybridized carbons (Fsp3) is 0.182. The fourth-order valence-electron chi connectivity index (χ4n) is 1.40. The Morgan fingerprint density at radius 3 is 2.53 bits per heavy atom. The quantitative estimate of drug-likeness (QED) is 0.886. The Balaban J connectivity index is 2.45. The third-order valence-electron chi connectivity index (χ3n) is 2.25. The van der Waals surface area contributed by atoms with E-state index in [0.29, 0.717) is 0 Å². The van der Waals surface area contributed by atoms with E-state index in [4.69, 9.17) is 11.6 Å². The van der Waals surface area contributed by atoms with E-state index in [9.17, 15) is 0 Å². The minimum Gasteiger partial charge on any atom is -0.281 e. The van der Waals surface area contributed by atoms with Crippen molar-refractivity contribution in [2.45, 2.75) is 13.3 Å². The summed E-state index contributed by atoms with van der Waals surface area (Å²) in [5.41, 5.74) is 3.10. The van der Waals surface area contributed by atoms with Gasteiger partial charge in [0.15, 0.2) is 0 Å². The first-order valence-corrected chi connectivity index (χ1v) is 5.88. The highest BCUT2D eigenvalue weighted by Crippen LogP contribution is 2.29. The van der Waals surface area contributed by atoms with Gasteiger partial charge in [-0.05, 0) is 34.5 Å². The van der Waals surface area contributed by atoms with Gasteiger partial charge in [0.1, 0.15) is 5.69 Å². The van der Waals surface area contributed by atoms with Gasteiger partial charge in [-0.25, -0.2) is 0 Å². The minimum absolute atomic E-state index is 0.737. The van der Waals surface area contributed by atoms with Crippen LogP contribution in [-0.2, 0) is 6.42 Å². The molecule has 0 aliphatic rings. The summed E-state index contributed by atoms with van der Waals surface area (Å²) in [4.78, 5) is 0. The number of hydrogen-bond donors (Lipinski definition) is 1. The number of aromatic nitrogens is 2. The zero-order valence-electron chi connectivity index (χ0n) is 8.22. The number of aryl methyl sites for hydroxylation is 1. The first-order chi connectivity index (χ1) is 7.22. The second-order valence-corrected chi connectivity index (χ2v) is 4.45. The van der Waals surface area contributed by atoms with Gasteiger partial charge in [0, 0.05) is 16.3 Å². The van der Waals surface area contributed by atoms with E-state index in [-0.39, 0.29) is 0 Å². The molecule has 1 aromatic heterocycles. The Bertz CT molecular complexity index is 462. The zero-order chi connectivity index (χ0) is 10.8. The van der Waals surface area contributed by atoms with Gasteiger partial charge in [-0.3, -0.25) is 5.10 Å². The van der Waals surface area contributed by atoms with Crippen LogP contribution in [-0.4, -0.2) is 10.2 Å². The Labute approximate surface area is 102 Å². The minimum atomic E-state index is 0.737. The van der Waals surface area contributed by atoms with Crippen molar-refractivity contribution in [2.75, 3.05) is 0 Å². The van der Waals surface area contributed by atoms with Crippen LogP contribution < -0.4 is 0 Å². The highest BCUT2D eigenvalue weighted by atomic mass is 79.9. The number of nitrogens with one attached hydrogen (secondary N) is 1. The number of nitrogens with zero attached hydrogens (tertiary/aromatic N) is 1. The van der Waals surface area contributed by atoms with Crippen LogP contribution in [0.2, 0.25) is 5.02 Å². The molecule has 0 bridgehead atoms. The van der Waals surface area contributed by atoms with Gasteiger partial charge in [0.2, 0.25) is 0 Å². The molecule has 1 aromatic carbocycles. The molecule has 1 heterocycles. The third kappa shape index (κ3) is 2.08. The van der Waals surface area contributed by atoms with Crippen molar-refractivity contribution in [3.63, 3.8) is 0 Å². The van der Waals surface area contributed by atoms with Gasteiger partial charge >= 0.3 is 0 Å². The SMILES string of the molecule is CCc1[nH]nc(-c2ccc(Cl)cc2)c1Br. The molecule has 2 aromatic rings. The van der Waals surface area contributed by atoms with Gasteiger partial charge in [-0.1, -0.05) is 30.7 Å². The molecule has 0 spiro atoms. The van der Waals surface area contributed by atoms with Crippen molar-refractivity contribution in [1.82, 2.24) is 10.2 Å². The average Bonchev–Trinajstić information content (AvgIpc) is 2.61. The Hall–Kier alpha value is -0.800. The van der Waals surface area contributed by atoms with Crippen molar-refractivity contribution in [3.8, 4) is 11.3 Å². The lowest BCUT2D eigenvalue weighted by atomic mass is 10.1. The van der Waals surface area contributed by atoms with Crippen LogP contribution in [0.3, 0.4) is 0 Å². The highest BCUT2D eigenvalue weighted by Gasteiger charge is 2.10. The molecule has 0 saturated heterocycles. The van der Waals surface area contributed by atoms with Crippen molar-refractivity contribution in [1.29, 1.82) is 0 Å². The Morgan fingerprint density at radius 1 is 1.33 bits per heavy atom. The highest BCUT2D eigenvalue weighted by molar-refractivity contribution is 9.10. The molecule has 0 unspecified atom stereocenters. The van der Waals surface area contributed by atoms with Crippen LogP contribution in [0.25, 0.3) is 11.3 Å². The van der Waals surface area contributed by atoms with E-state index < -0.39 is 0 Å². The molecule has 0 fully saturated rings. The van der Waals surface area contributed by atoms with E-state index >= 15 is 0 Å². The van der Waals surface area contributed by atoms with Gasteiger partial charge in [-0.15, -0.1) is 0 Å². The topological polar surface area (TPSA) is 28.7 Å². The van der Waals surface area contributed by atoms with Gasteiger partial charge in [-0.2, -0.15) is 5.10 Å². The smallest absolute Gasteiger partial charge is 0.107 e. The fourth-order valence-corrected chi connectivity index (χ4v) is 2.21. The van der Waals surface area contributed by atoms with Crippen molar-refractivity contribution in [3.05, 3.63) is 39.5 Å². The molecule has 2 nitrogen and oxygen atoms in total. The summed E-state index contributed by atoms with van der Waals surface area (Å²) in [5.74, 6) is 0. The summed E-state index contributed by atoms with van der Waals surface area (Å²) in [5, 5.41) is 8.02. The summed E-state index contributed by atoms with van der Waals surface area (Å²) in [6.45, 7) is 2.09. The van der Waals surface area contributed by atoms with Gasteiger partial charge < -0.3 is 0 Å². The van der Waals surface area contributed by atoms with Crippen molar-refractivity contribution >= 4 is 27.5 Å². The summed E-state index contributed by atoms with van der Waals surface area (Å²) in [6.07, 6.45) is 0.932. The first kappa shape index (κ1) is 10.7. The number of rotatable bonds is 2. The molecule has 0 aliphatic heterocycles. The van der Waals surface area contributed by atoms with E-state index in [1.54, 1.807) is 0 Å². The normalized spacial score (nSPS) is 10.6. The van der Waals surface area contributed by atoms with Crippen molar-refractivity contribution < 1.29 is 0 Å². The van der Waals surface area contributed by atoms with Crippen LogP contribution in [0.1, 0.15) is 12.6 Å². The summed E-state index contributed by atoms with van der Waals surface area (Å²) in [7, 11) is 0. The molecule has 15 heavy (non-hydrogen) atoms. The maximum atomic E-state index is 5.83. The molecule has 0 aliphatic carbocycles. The standard InChI is InChI=1S/C11H10BrClN2/c1-2-9-10(12)11(15-14-9)7-3-5-8(13)6-4-7/h3-6H,2H2,1H3,(H,14,15). The molecular formula is C11H10BrClN2. The average molecular weight is 286 g/mol. The van der Waals surface area contributed by atoms with E-state index in [1.165, 1.54) is 0 Å². The lowest BCUT2D eigenvalue weighted by Gasteiger charge is -1.98. The molecule has 4 heteroatoms. The van der Waals surface area contributed by atoms with Crippen LogP contribution >= 0.6 is 27.5 Å². The summed E-state index contributed by atoms with van der Waals surface area (Å²) >= 11 is 9.37. The monoisotopic (exact) mass is 284 g/mol. The van der Waals surface area contributed by atoms with Crippen LogP contribution in [0.15, 0.2) is 28.7 Å². The first-order valence-electron chi connectivity index (χ1n) is 4.71. The third-order valence-corrected chi connectivity index (χ3v) is 3.35. The van der Waals surface area contributed by atoms with Crippen LogP contribution in [0, 0.1) is 0 Å². The lowest BCUT2D eigenvalue weighted by molar-refractivity contribution is 0.973. The zero-order valence-corrected chi connectivity index (χ0v) is 10.6. The predicted molar refractivity (Wildman–Crippen MR) is 66.1 cm³/mol. The van der Waals surface area contributed by atoms with Crippen molar-refractivity contribution in [2.24, 2.45) is 0 Å². The maximum Gasteiger partial charge on any atom is 0.107 e. The molecule has 0 saturated carbocycles. The molecule has 0 atom stereocenters. The molecule has 0 radical (unpaired) electrons. The maximum absolute atomic E-state index is 5.83. The number of hydrogen-bond acceptors (Lipinski definition) is 1. The number of aromatic amines is 1. The second kappa shape index (κ2) is 4.37. The number of halogens is 2. The summed E-state index contributed by atoms with van der Waals surface area (Å²) in [6, 6.07) is 7.65. The Kier molecular flexibility index (Phi) is 3.12. The second-order valence-electron chi connectivity index (χ2n) is 3.23. The predicted octanol–water partition coefficient (Wildman–Crippen LogP) is 4.06. The molecular weight excluding hydrogens is 275 g/mol. The van der Waals surface area contributed by atoms with E-state index in [1.807, 2.05) is 24.3 Å². The molecule has 0 amide bonds. The van der Waals surface area contributed by atoms with E-state index in [2.05, 4.69) is 33.1 Å². The van der Waals surface area contributed by atoms with Gasteiger partial charge in [0.25, 0.3) is 0 Å². The number of benzene rings is 1. The van der Waals surface area contributed by atoms with Crippen LogP contribution in [0.4, 0.5) is 0 Å². The molecule has 1 N–H and O–H groups in total. The number of H-pyrrole nitrogens is 1. The van der Waals surface area contributed by atoms with Crippen LogP contribution in [0.5, 0.6) is 0 Å². The lowest BCUT2D eigenvalue weighted by Crippen LogP contribution is -1.79. The Morgan fingerprint density at radius 2 is 2.00 bits per heavy atom. The largest absolute Gasteiger partial charge is 0.281 e.